The normalized spacial score (nSPS) is 21.5. The molecule has 3 heterocycles. The van der Waals surface area contributed by atoms with E-state index in [1.807, 2.05) is 12.1 Å². The van der Waals surface area contributed by atoms with Crippen LogP contribution in [-0.4, -0.2) is 37.0 Å². The minimum absolute atomic E-state index is 0.145. The van der Waals surface area contributed by atoms with Crippen LogP contribution in [0.2, 0.25) is 0 Å². The van der Waals surface area contributed by atoms with Crippen molar-refractivity contribution >= 4 is 11.6 Å². The maximum Gasteiger partial charge on any atom is 0.227 e. The third kappa shape index (κ3) is 3.79. The van der Waals surface area contributed by atoms with Crippen LogP contribution in [0.4, 0.5) is 5.69 Å². The van der Waals surface area contributed by atoms with Crippen LogP contribution in [0.25, 0.3) is 11.3 Å². The lowest BCUT2D eigenvalue weighted by atomic mass is 9.95. The first-order valence-electron chi connectivity index (χ1n) is 9.99. The van der Waals surface area contributed by atoms with E-state index >= 15 is 0 Å². The molecule has 1 unspecified atom stereocenters. The molecular formula is C22H28N2O2. The Bertz CT molecular complexity index is 700. The number of hydrogen-bond donors (Lipinski definition) is 0. The van der Waals surface area contributed by atoms with Crippen molar-refractivity contribution in [2.45, 2.75) is 38.5 Å². The standard InChI is InChI=1S/C22H28N2O2/c25-22(23-13-3-1-2-4-14-23)19-7-5-15-24(17-19)20-11-9-18(10-12-20)21-8-6-16-26-21/h6,8-12,16,19H,1-5,7,13-15,17H2. The number of carbonyl (C=O) groups excluding carboxylic acids is 1. The van der Waals surface area contributed by atoms with Gasteiger partial charge in [0.25, 0.3) is 0 Å². The van der Waals surface area contributed by atoms with Crippen molar-refractivity contribution in [2.24, 2.45) is 5.92 Å². The van der Waals surface area contributed by atoms with Crippen LogP contribution in [0.3, 0.4) is 0 Å². The summed E-state index contributed by atoms with van der Waals surface area (Å²) >= 11 is 0. The van der Waals surface area contributed by atoms with Gasteiger partial charge in [-0.2, -0.15) is 0 Å². The Morgan fingerprint density at radius 1 is 0.923 bits per heavy atom. The molecule has 1 aromatic heterocycles. The Morgan fingerprint density at radius 3 is 2.38 bits per heavy atom. The third-order valence-corrected chi connectivity index (χ3v) is 5.73. The predicted molar refractivity (Wildman–Crippen MR) is 104 cm³/mol. The van der Waals surface area contributed by atoms with Gasteiger partial charge in [-0.15, -0.1) is 0 Å². The van der Waals surface area contributed by atoms with Crippen molar-refractivity contribution in [3.63, 3.8) is 0 Å². The van der Waals surface area contributed by atoms with E-state index in [1.54, 1.807) is 6.26 Å². The second kappa shape index (κ2) is 7.98. The van der Waals surface area contributed by atoms with Crippen molar-refractivity contribution in [3.8, 4) is 11.3 Å². The highest BCUT2D eigenvalue weighted by molar-refractivity contribution is 5.80. The van der Waals surface area contributed by atoms with E-state index < -0.39 is 0 Å². The predicted octanol–water partition coefficient (Wildman–Crippen LogP) is 4.57. The van der Waals surface area contributed by atoms with Gasteiger partial charge in [0.05, 0.1) is 12.2 Å². The first-order valence-corrected chi connectivity index (χ1v) is 9.99. The number of hydrogen-bond acceptors (Lipinski definition) is 3. The fourth-order valence-corrected chi connectivity index (χ4v) is 4.24. The monoisotopic (exact) mass is 352 g/mol. The topological polar surface area (TPSA) is 36.7 Å². The van der Waals surface area contributed by atoms with Gasteiger partial charge in [0.15, 0.2) is 0 Å². The minimum atomic E-state index is 0.145. The Kier molecular flexibility index (Phi) is 5.28. The summed E-state index contributed by atoms with van der Waals surface area (Å²) in [5, 5.41) is 0. The molecule has 4 heteroatoms. The van der Waals surface area contributed by atoms with E-state index in [-0.39, 0.29) is 5.92 Å². The van der Waals surface area contributed by atoms with Gasteiger partial charge >= 0.3 is 0 Å². The molecule has 26 heavy (non-hydrogen) atoms. The van der Waals surface area contributed by atoms with Gasteiger partial charge < -0.3 is 14.2 Å². The van der Waals surface area contributed by atoms with Crippen LogP contribution in [0.15, 0.2) is 47.1 Å². The van der Waals surface area contributed by atoms with Gasteiger partial charge in [-0.25, -0.2) is 0 Å². The molecule has 0 aliphatic carbocycles. The highest BCUT2D eigenvalue weighted by atomic mass is 16.3. The average Bonchev–Trinajstić information content (AvgIpc) is 3.10. The quantitative estimate of drug-likeness (QED) is 0.812. The van der Waals surface area contributed by atoms with Gasteiger partial charge in [0.2, 0.25) is 5.91 Å². The molecule has 138 valence electrons. The van der Waals surface area contributed by atoms with Crippen LogP contribution in [0, 0.1) is 5.92 Å². The van der Waals surface area contributed by atoms with Crippen LogP contribution < -0.4 is 4.90 Å². The highest BCUT2D eigenvalue weighted by Crippen LogP contribution is 2.28. The number of amides is 1. The highest BCUT2D eigenvalue weighted by Gasteiger charge is 2.29. The van der Waals surface area contributed by atoms with E-state index in [2.05, 4.69) is 34.1 Å². The molecule has 4 nitrogen and oxygen atoms in total. The maximum atomic E-state index is 13.0. The SMILES string of the molecule is O=C(C1CCCN(c2ccc(-c3ccco3)cc2)C1)N1CCCCCC1. The van der Waals surface area contributed by atoms with Crippen molar-refractivity contribution in [3.05, 3.63) is 42.7 Å². The van der Waals surface area contributed by atoms with Gasteiger partial charge in [-0.3, -0.25) is 4.79 Å². The number of benzene rings is 1. The molecule has 2 saturated heterocycles. The van der Waals surface area contributed by atoms with Gasteiger partial charge in [0.1, 0.15) is 5.76 Å². The molecule has 2 fully saturated rings. The molecule has 2 aromatic rings. The van der Waals surface area contributed by atoms with E-state index in [1.165, 1.54) is 18.5 Å². The second-order valence-corrected chi connectivity index (χ2v) is 7.55. The van der Waals surface area contributed by atoms with Crippen LogP contribution in [0.5, 0.6) is 0 Å². The molecule has 2 aliphatic rings. The van der Waals surface area contributed by atoms with E-state index in [4.69, 9.17) is 4.42 Å². The summed E-state index contributed by atoms with van der Waals surface area (Å²) in [6, 6.07) is 12.4. The van der Waals surface area contributed by atoms with Crippen LogP contribution in [-0.2, 0) is 4.79 Å². The van der Waals surface area contributed by atoms with Gasteiger partial charge in [-0.1, -0.05) is 12.8 Å². The Labute approximate surface area is 155 Å². The lowest BCUT2D eigenvalue weighted by Gasteiger charge is -2.36. The summed E-state index contributed by atoms with van der Waals surface area (Å²) in [4.78, 5) is 17.5. The number of furan rings is 1. The Balaban J connectivity index is 1.42. The molecule has 0 bridgehead atoms. The van der Waals surface area contributed by atoms with Gasteiger partial charge in [-0.05, 0) is 62.1 Å². The first-order chi connectivity index (χ1) is 12.8. The van der Waals surface area contributed by atoms with E-state index in [0.717, 1.165) is 63.2 Å². The van der Waals surface area contributed by atoms with Gasteiger partial charge in [0, 0.05) is 37.4 Å². The van der Waals surface area contributed by atoms with Crippen molar-refractivity contribution < 1.29 is 9.21 Å². The smallest absolute Gasteiger partial charge is 0.227 e. The molecule has 0 N–H and O–H groups in total. The molecule has 1 amide bonds. The average molecular weight is 352 g/mol. The summed E-state index contributed by atoms with van der Waals surface area (Å²) < 4.78 is 5.47. The van der Waals surface area contributed by atoms with Crippen molar-refractivity contribution in [2.75, 3.05) is 31.1 Å². The Morgan fingerprint density at radius 2 is 1.69 bits per heavy atom. The summed E-state index contributed by atoms with van der Waals surface area (Å²) in [6.07, 6.45) is 8.67. The number of carbonyl (C=O) groups is 1. The summed E-state index contributed by atoms with van der Waals surface area (Å²) in [5.74, 6) is 1.42. The zero-order chi connectivity index (χ0) is 17.8. The Hall–Kier alpha value is -2.23. The number of rotatable bonds is 3. The molecule has 0 spiro atoms. The molecule has 1 atom stereocenters. The molecule has 0 saturated carbocycles. The minimum Gasteiger partial charge on any atom is -0.464 e. The summed E-state index contributed by atoms with van der Waals surface area (Å²) in [7, 11) is 0. The summed E-state index contributed by atoms with van der Waals surface area (Å²) in [6.45, 7) is 3.78. The zero-order valence-corrected chi connectivity index (χ0v) is 15.4. The zero-order valence-electron chi connectivity index (χ0n) is 15.4. The van der Waals surface area contributed by atoms with E-state index in [9.17, 15) is 4.79 Å². The fourth-order valence-electron chi connectivity index (χ4n) is 4.24. The lowest BCUT2D eigenvalue weighted by molar-refractivity contribution is -0.135. The second-order valence-electron chi connectivity index (χ2n) is 7.55. The van der Waals surface area contributed by atoms with Crippen molar-refractivity contribution in [1.29, 1.82) is 0 Å². The largest absolute Gasteiger partial charge is 0.464 e. The molecule has 0 radical (unpaired) electrons. The van der Waals surface area contributed by atoms with Crippen molar-refractivity contribution in [1.82, 2.24) is 4.90 Å². The number of nitrogens with zero attached hydrogens (tertiary/aromatic N) is 2. The summed E-state index contributed by atoms with van der Waals surface area (Å²) in [5.41, 5.74) is 2.29. The number of likely N-dealkylation sites (tertiary alicyclic amines) is 1. The molecular weight excluding hydrogens is 324 g/mol. The maximum absolute atomic E-state index is 13.0. The molecule has 4 rings (SSSR count). The van der Waals surface area contributed by atoms with Crippen LogP contribution >= 0.6 is 0 Å². The van der Waals surface area contributed by atoms with Crippen LogP contribution in [0.1, 0.15) is 38.5 Å². The number of piperidine rings is 1. The first kappa shape index (κ1) is 17.2. The number of anilines is 1. The lowest BCUT2D eigenvalue weighted by Crippen LogP contribution is -2.45. The van der Waals surface area contributed by atoms with E-state index in [0.29, 0.717) is 5.91 Å². The molecule has 1 aromatic carbocycles. The molecule has 2 aliphatic heterocycles. The third-order valence-electron chi connectivity index (χ3n) is 5.73. The fraction of sp³-hybridized carbons (Fsp3) is 0.500.